The monoisotopic (exact) mass is 366 g/mol. The zero-order valence-corrected chi connectivity index (χ0v) is 16.2. The van der Waals surface area contributed by atoms with Gasteiger partial charge in [0, 0.05) is 45.6 Å². The van der Waals surface area contributed by atoms with Crippen molar-refractivity contribution in [1.29, 1.82) is 0 Å². The van der Waals surface area contributed by atoms with Crippen molar-refractivity contribution in [3.05, 3.63) is 71.8 Å². The summed E-state index contributed by atoms with van der Waals surface area (Å²) in [6, 6.07) is 21.2. The molecule has 27 heavy (non-hydrogen) atoms. The average molecular weight is 367 g/mol. The molecule has 0 aliphatic carbocycles. The fraction of sp³-hybridized carbons (Fsp3) is 0.435. The number of hydrogen-bond acceptors (Lipinski definition) is 3. The van der Waals surface area contributed by atoms with Gasteiger partial charge < -0.3 is 9.64 Å². The van der Waals surface area contributed by atoms with Crippen LogP contribution >= 0.6 is 0 Å². The quantitative estimate of drug-likeness (QED) is 0.718. The maximum atomic E-state index is 12.2. The highest BCUT2D eigenvalue weighted by molar-refractivity contribution is 5.73. The molecule has 2 aromatic rings. The van der Waals surface area contributed by atoms with Crippen LogP contribution in [0.3, 0.4) is 0 Å². The molecule has 0 radical (unpaired) electrons. The van der Waals surface area contributed by atoms with Gasteiger partial charge in [-0.05, 0) is 17.5 Å². The Morgan fingerprint density at radius 3 is 2.04 bits per heavy atom. The largest absolute Gasteiger partial charge is 0.379 e. The van der Waals surface area contributed by atoms with Crippen LogP contribution in [0.15, 0.2) is 60.7 Å². The van der Waals surface area contributed by atoms with Crippen molar-refractivity contribution in [3.8, 4) is 0 Å². The van der Waals surface area contributed by atoms with E-state index in [1.165, 1.54) is 11.1 Å². The predicted octanol–water partition coefficient (Wildman–Crippen LogP) is 3.39. The Bertz CT molecular complexity index is 645. The summed E-state index contributed by atoms with van der Waals surface area (Å²) in [5, 5.41) is 0. The highest BCUT2D eigenvalue weighted by Crippen LogP contribution is 2.28. The van der Waals surface area contributed by atoms with Crippen LogP contribution < -0.4 is 0 Å². The lowest BCUT2D eigenvalue weighted by atomic mass is 9.88. The van der Waals surface area contributed by atoms with E-state index in [0.29, 0.717) is 5.92 Å². The molecule has 0 bridgehead atoms. The van der Waals surface area contributed by atoms with Gasteiger partial charge in [-0.2, -0.15) is 0 Å². The smallest absolute Gasteiger partial charge is 0.219 e. The summed E-state index contributed by atoms with van der Waals surface area (Å²) in [5.41, 5.74) is 2.61. The van der Waals surface area contributed by atoms with Crippen LogP contribution in [0.2, 0.25) is 0 Å². The number of nitrogens with zero attached hydrogens (tertiary/aromatic N) is 2. The summed E-state index contributed by atoms with van der Waals surface area (Å²) in [6.07, 6.45) is 0.927. The van der Waals surface area contributed by atoms with Crippen molar-refractivity contribution >= 4 is 5.91 Å². The van der Waals surface area contributed by atoms with Crippen molar-refractivity contribution < 1.29 is 9.53 Å². The molecule has 1 heterocycles. The molecule has 0 atom stereocenters. The van der Waals surface area contributed by atoms with Gasteiger partial charge in [-0.15, -0.1) is 0 Å². The van der Waals surface area contributed by atoms with E-state index in [1.54, 1.807) is 6.92 Å². The molecule has 0 spiro atoms. The fourth-order valence-electron chi connectivity index (χ4n) is 3.70. The maximum Gasteiger partial charge on any atom is 0.219 e. The molecule has 1 fully saturated rings. The Hall–Kier alpha value is -2.17. The van der Waals surface area contributed by atoms with Gasteiger partial charge in [-0.3, -0.25) is 9.69 Å². The summed E-state index contributed by atoms with van der Waals surface area (Å²) in [4.78, 5) is 16.6. The first kappa shape index (κ1) is 19.6. The minimum Gasteiger partial charge on any atom is -0.379 e. The van der Waals surface area contributed by atoms with Crippen LogP contribution in [0.1, 0.15) is 30.4 Å². The maximum absolute atomic E-state index is 12.2. The second-order valence-electron chi connectivity index (χ2n) is 7.12. The van der Waals surface area contributed by atoms with Crippen molar-refractivity contribution in [2.45, 2.75) is 19.3 Å². The van der Waals surface area contributed by atoms with E-state index in [-0.39, 0.29) is 5.91 Å². The van der Waals surface area contributed by atoms with Gasteiger partial charge in [0.25, 0.3) is 0 Å². The minimum absolute atomic E-state index is 0.156. The lowest BCUT2D eigenvalue weighted by Crippen LogP contribution is -2.43. The molecule has 144 valence electrons. The van der Waals surface area contributed by atoms with Crippen molar-refractivity contribution in [2.24, 2.45) is 0 Å². The van der Waals surface area contributed by atoms with Crippen molar-refractivity contribution in [1.82, 2.24) is 9.80 Å². The first-order valence-electron chi connectivity index (χ1n) is 9.89. The lowest BCUT2D eigenvalue weighted by molar-refractivity contribution is -0.129. The van der Waals surface area contributed by atoms with Crippen LogP contribution in [0.5, 0.6) is 0 Å². The molecular formula is C23H30N2O2. The average Bonchev–Trinajstić information content (AvgIpc) is 2.72. The van der Waals surface area contributed by atoms with E-state index in [1.807, 2.05) is 4.90 Å². The second-order valence-corrected chi connectivity index (χ2v) is 7.12. The fourth-order valence-corrected chi connectivity index (χ4v) is 3.70. The summed E-state index contributed by atoms with van der Waals surface area (Å²) in [5.74, 6) is 0.459. The number of amides is 1. The molecule has 4 nitrogen and oxygen atoms in total. The van der Waals surface area contributed by atoms with Gasteiger partial charge in [0.2, 0.25) is 5.91 Å². The van der Waals surface area contributed by atoms with Gasteiger partial charge in [-0.25, -0.2) is 0 Å². The number of carbonyl (C=O) groups excluding carboxylic acids is 1. The van der Waals surface area contributed by atoms with E-state index < -0.39 is 0 Å². The van der Waals surface area contributed by atoms with Crippen molar-refractivity contribution in [3.63, 3.8) is 0 Å². The minimum atomic E-state index is 0.156. The Labute approximate surface area is 162 Å². The molecule has 0 N–H and O–H groups in total. The number of hydrogen-bond donors (Lipinski definition) is 0. The summed E-state index contributed by atoms with van der Waals surface area (Å²) in [7, 11) is 0. The molecule has 0 saturated carbocycles. The van der Waals surface area contributed by atoms with Crippen LogP contribution in [0.25, 0.3) is 0 Å². The zero-order chi connectivity index (χ0) is 18.9. The highest BCUT2D eigenvalue weighted by atomic mass is 16.5. The van der Waals surface area contributed by atoms with Crippen LogP contribution in [0, 0.1) is 0 Å². The van der Waals surface area contributed by atoms with E-state index in [2.05, 4.69) is 65.6 Å². The highest BCUT2D eigenvalue weighted by Gasteiger charge is 2.18. The van der Waals surface area contributed by atoms with E-state index in [0.717, 1.165) is 52.4 Å². The Morgan fingerprint density at radius 1 is 0.963 bits per heavy atom. The number of ether oxygens (including phenoxy) is 1. The molecule has 1 saturated heterocycles. The topological polar surface area (TPSA) is 32.8 Å². The third kappa shape index (κ3) is 5.91. The van der Waals surface area contributed by atoms with Crippen molar-refractivity contribution in [2.75, 3.05) is 45.9 Å². The predicted molar refractivity (Wildman–Crippen MR) is 109 cm³/mol. The normalized spacial score (nSPS) is 15.0. The Balaban J connectivity index is 1.64. The number of carbonyl (C=O) groups is 1. The number of morpholine rings is 1. The molecule has 4 heteroatoms. The Kier molecular flexibility index (Phi) is 7.43. The third-order valence-electron chi connectivity index (χ3n) is 5.33. The molecule has 3 rings (SSSR count). The molecule has 0 aromatic heterocycles. The standard InChI is InChI=1S/C23H30N2O2/c1-20(26)25(15-14-24-16-18-27-19-17-24)13-12-23(21-8-4-2-5-9-21)22-10-6-3-7-11-22/h2-11,23H,12-19H2,1H3. The first-order valence-corrected chi connectivity index (χ1v) is 9.89. The van der Waals surface area contributed by atoms with Crippen LogP contribution in [0.4, 0.5) is 0 Å². The first-order chi connectivity index (χ1) is 13.2. The van der Waals surface area contributed by atoms with Gasteiger partial charge in [0.05, 0.1) is 13.2 Å². The summed E-state index contributed by atoms with van der Waals surface area (Å²) >= 11 is 0. The number of benzene rings is 2. The Morgan fingerprint density at radius 2 is 1.52 bits per heavy atom. The van der Waals surface area contributed by atoms with Gasteiger partial charge in [0.1, 0.15) is 0 Å². The van der Waals surface area contributed by atoms with Gasteiger partial charge >= 0.3 is 0 Å². The molecule has 1 aliphatic rings. The van der Waals surface area contributed by atoms with E-state index in [9.17, 15) is 4.79 Å². The van der Waals surface area contributed by atoms with Crippen LogP contribution in [-0.4, -0.2) is 61.6 Å². The molecule has 0 unspecified atom stereocenters. The van der Waals surface area contributed by atoms with Gasteiger partial charge in [-0.1, -0.05) is 60.7 Å². The SMILES string of the molecule is CC(=O)N(CCC(c1ccccc1)c1ccccc1)CCN1CCOCC1. The molecular weight excluding hydrogens is 336 g/mol. The van der Waals surface area contributed by atoms with Crippen LogP contribution in [-0.2, 0) is 9.53 Å². The lowest BCUT2D eigenvalue weighted by Gasteiger charge is -2.30. The summed E-state index contributed by atoms with van der Waals surface area (Å²) < 4.78 is 5.41. The molecule has 1 amide bonds. The number of rotatable bonds is 8. The molecule has 2 aromatic carbocycles. The van der Waals surface area contributed by atoms with E-state index >= 15 is 0 Å². The second kappa shape index (κ2) is 10.2. The third-order valence-corrected chi connectivity index (χ3v) is 5.33. The van der Waals surface area contributed by atoms with E-state index in [4.69, 9.17) is 4.74 Å². The summed E-state index contributed by atoms with van der Waals surface area (Å²) in [6.45, 7) is 7.67. The zero-order valence-electron chi connectivity index (χ0n) is 16.2. The van der Waals surface area contributed by atoms with Gasteiger partial charge in [0.15, 0.2) is 0 Å². The molecule has 1 aliphatic heterocycles.